The Morgan fingerprint density at radius 2 is 2.12 bits per heavy atom. The zero-order chi connectivity index (χ0) is 12.4. The Morgan fingerprint density at radius 3 is 2.62 bits per heavy atom. The fourth-order valence-corrected chi connectivity index (χ4v) is 0.755. The van der Waals surface area contributed by atoms with Crippen LogP contribution in [0.2, 0.25) is 0 Å². The van der Waals surface area contributed by atoms with Crippen molar-refractivity contribution >= 4 is 11.9 Å². The van der Waals surface area contributed by atoms with E-state index in [9.17, 15) is 9.59 Å². The molecule has 0 spiro atoms. The molecule has 0 bridgehead atoms. The summed E-state index contributed by atoms with van der Waals surface area (Å²) in [6, 6.07) is 1.63. The van der Waals surface area contributed by atoms with Crippen LogP contribution in [0, 0.1) is 11.3 Å². The lowest BCUT2D eigenvalue weighted by Gasteiger charge is -2.01. The van der Waals surface area contributed by atoms with Crippen molar-refractivity contribution in [2.75, 3.05) is 19.7 Å². The van der Waals surface area contributed by atoms with Crippen LogP contribution in [0.1, 0.15) is 6.42 Å². The molecule has 0 fully saturated rings. The van der Waals surface area contributed by atoms with Gasteiger partial charge in [0.15, 0.2) is 0 Å². The minimum absolute atomic E-state index is 0.00787. The number of nitrogens with one attached hydrogen (secondary N) is 2. The summed E-state index contributed by atoms with van der Waals surface area (Å²) >= 11 is 0. The molecule has 0 aliphatic heterocycles. The molecule has 0 aliphatic carbocycles. The zero-order valence-electron chi connectivity index (χ0n) is 8.56. The third-order valence-corrected chi connectivity index (χ3v) is 1.49. The van der Waals surface area contributed by atoms with E-state index in [2.05, 4.69) is 10.6 Å². The third-order valence-electron chi connectivity index (χ3n) is 1.49. The number of amides is 1. The van der Waals surface area contributed by atoms with Crippen LogP contribution in [0.4, 0.5) is 0 Å². The highest BCUT2D eigenvalue weighted by atomic mass is 16.4. The summed E-state index contributed by atoms with van der Waals surface area (Å²) in [5, 5.41) is 30.1. The van der Waals surface area contributed by atoms with E-state index < -0.39 is 18.4 Å². The maximum Gasteiger partial charge on any atom is 0.322 e. The number of aliphatic hydroxyl groups excluding tert-OH is 1. The highest BCUT2D eigenvalue weighted by Crippen LogP contribution is 1.89. The number of aliphatic hydroxyl groups is 1. The van der Waals surface area contributed by atoms with E-state index in [0.717, 1.165) is 0 Å². The standard InChI is InChI=1S/C9H13N3O4/c10-4-7(5-11-2-1-3-13)9(16)12-6-8(14)15/h5,11,13H,1-3,6H2,(H,12,16)(H,14,15)/b7-5-. The van der Waals surface area contributed by atoms with Crippen LogP contribution in [0.5, 0.6) is 0 Å². The van der Waals surface area contributed by atoms with Gasteiger partial charge in [0.1, 0.15) is 18.2 Å². The second kappa shape index (κ2) is 8.26. The van der Waals surface area contributed by atoms with Crippen LogP contribution in [0.15, 0.2) is 11.8 Å². The molecule has 0 heterocycles. The van der Waals surface area contributed by atoms with Crippen molar-refractivity contribution in [1.29, 1.82) is 5.26 Å². The van der Waals surface area contributed by atoms with Crippen molar-refractivity contribution in [2.24, 2.45) is 0 Å². The van der Waals surface area contributed by atoms with Gasteiger partial charge in [-0.3, -0.25) is 9.59 Å². The van der Waals surface area contributed by atoms with Gasteiger partial charge in [-0.15, -0.1) is 0 Å². The number of carbonyl (C=O) groups is 2. The molecule has 7 heteroatoms. The summed E-state index contributed by atoms with van der Waals surface area (Å²) in [6.07, 6.45) is 1.68. The maximum absolute atomic E-state index is 11.2. The Bertz CT molecular complexity index is 319. The highest BCUT2D eigenvalue weighted by molar-refractivity contribution is 5.98. The molecule has 0 aromatic carbocycles. The van der Waals surface area contributed by atoms with Crippen LogP contribution >= 0.6 is 0 Å². The number of aliphatic carboxylic acids is 1. The number of nitriles is 1. The molecule has 0 saturated heterocycles. The first-order valence-corrected chi connectivity index (χ1v) is 4.56. The Morgan fingerprint density at radius 1 is 1.44 bits per heavy atom. The minimum Gasteiger partial charge on any atom is -0.480 e. The SMILES string of the molecule is N#C/C(=C/NCCCO)C(=O)NCC(=O)O. The molecule has 0 unspecified atom stereocenters. The van der Waals surface area contributed by atoms with Gasteiger partial charge in [-0.05, 0) is 6.42 Å². The van der Waals surface area contributed by atoms with E-state index >= 15 is 0 Å². The molecule has 7 nitrogen and oxygen atoms in total. The molecule has 4 N–H and O–H groups in total. The van der Waals surface area contributed by atoms with E-state index in [-0.39, 0.29) is 12.2 Å². The van der Waals surface area contributed by atoms with Gasteiger partial charge in [0.2, 0.25) is 0 Å². The normalized spacial score (nSPS) is 10.4. The van der Waals surface area contributed by atoms with Crippen molar-refractivity contribution in [1.82, 2.24) is 10.6 Å². The second-order valence-corrected chi connectivity index (χ2v) is 2.78. The van der Waals surface area contributed by atoms with Crippen LogP contribution in [-0.2, 0) is 9.59 Å². The number of nitrogens with zero attached hydrogens (tertiary/aromatic N) is 1. The largest absolute Gasteiger partial charge is 0.480 e. The lowest BCUT2D eigenvalue weighted by atomic mass is 10.3. The Kier molecular flexibility index (Phi) is 7.19. The molecular formula is C9H13N3O4. The Balaban J connectivity index is 4.11. The monoisotopic (exact) mass is 227 g/mol. The highest BCUT2D eigenvalue weighted by Gasteiger charge is 2.09. The fourth-order valence-electron chi connectivity index (χ4n) is 0.755. The number of rotatable bonds is 7. The summed E-state index contributed by atoms with van der Waals surface area (Å²) in [7, 11) is 0. The van der Waals surface area contributed by atoms with Gasteiger partial charge in [-0.25, -0.2) is 0 Å². The van der Waals surface area contributed by atoms with E-state index in [4.69, 9.17) is 15.5 Å². The van der Waals surface area contributed by atoms with Gasteiger partial charge < -0.3 is 20.8 Å². The van der Waals surface area contributed by atoms with Gasteiger partial charge in [0, 0.05) is 19.4 Å². The fraction of sp³-hybridized carbons (Fsp3) is 0.444. The number of carboxylic acids is 1. The molecule has 1 amide bonds. The lowest BCUT2D eigenvalue weighted by molar-refractivity contribution is -0.137. The predicted octanol–water partition coefficient (Wildman–Crippen LogP) is -1.43. The number of carboxylic acid groups (broad SMARTS) is 1. The molecule has 0 atom stereocenters. The third kappa shape index (κ3) is 6.39. The van der Waals surface area contributed by atoms with E-state index in [1.807, 2.05) is 0 Å². The van der Waals surface area contributed by atoms with Crippen molar-refractivity contribution in [3.63, 3.8) is 0 Å². The first kappa shape index (κ1) is 13.9. The zero-order valence-corrected chi connectivity index (χ0v) is 8.56. The van der Waals surface area contributed by atoms with E-state index in [0.29, 0.717) is 13.0 Å². The molecule has 0 aromatic rings. The van der Waals surface area contributed by atoms with Crippen molar-refractivity contribution in [3.8, 4) is 6.07 Å². The van der Waals surface area contributed by atoms with Crippen LogP contribution < -0.4 is 10.6 Å². The summed E-state index contributed by atoms with van der Waals surface area (Å²) in [5.74, 6) is -1.93. The van der Waals surface area contributed by atoms with Gasteiger partial charge in [0.05, 0.1) is 0 Å². The Hall–Kier alpha value is -2.07. The molecule has 0 saturated carbocycles. The van der Waals surface area contributed by atoms with Crippen LogP contribution in [-0.4, -0.2) is 41.8 Å². The van der Waals surface area contributed by atoms with Crippen LogP contribution in [0.3, 0.4) is 0 Å². The van der Waals surface area contributed by atoms with E-state index in [1.165, 1.54) is 6.20 Å². The number of hydrogen-bond donors (Lipinski definition) is 4. The van der Waals surface area contributed by atoms with E-state index in [1.54, 1.807) is 6.07 Å². The van der Waals surface area contributed by atoms with Gasteiger partial charge in [-0.1, -0.05) is 0 Å². The summed E-state index contributed by atoms with van der Waals surface area (Å²) < 4.78 is 0. The van der Waals surface area contributed by atoms with Crippen molar-refractivity contribution < 1.29 is 19.8 Å². The van der Waals surface area contributed by atoms with Crippen LogP contribution in [0.25, 0.3) is 0 Å². The smallest absolute Gasteiger partial charge is 0.322 e. The first-order chi connectivity index (χ1) is 7.61. The minimum atomic E-state index is -1.18. The molecular weight excluding hydrogens is 214 g/mol. The average Bonchev–Trinajstić information content (AvgIpc) is 2.26. The number of carbonyl (C=O) groups excluding carboxylic acids is 1. The molecule has 0 aromatic heterocycles. The Labute approximate surface area is 92.4 Å². The number of hydrogen-bond acceptors (Lipinski definition) is 5. The molecule has 0 aliphatic rings. The average molecular weight is 227 g/mol. The quantitative estimate of drug-likeness (QED) is 0.240. The molecule has 16 heavy (non-hydrogen) atoms. The summed E-state index contributed by atoms with van der Waals surface area (Å²) in [4.78, 5) is 21.3. The topological polar surface area (TPSA) is 122 Å². The molecule has 0 rings (SSSR count). The first-order valence-electron chi connectivity index (χ1n) is 4.56. The van der Waals surface area contributed by atoms with Gasteiger partial charge >= 0.3 is 5.97 Å². The van der Waals surface area contributed by atoms with Gasteiger partial charge in [-0.2, -0.15) is 5.26 Å². The van der Waals surface area contributed by atoms with Gasteiger partial charge in [0.25, 0.3) is 5.91 Å². The molecule has 88 valence electrons. The maximum atomic E-state index is 11.2. The predicted molar refractivity (Wildman–Crippen MR) is 54.0 cm³/mol. The summed E-state index contributed by atoms with van der Waals surface area (Å²) in [6.45, 7) is -0.101. The lowest BCUT2D eigenvalue weighted by Crippen LogP contribution is -2.30. The summed E-state index contributed by atoms with van der Waals surface area (Å²) in [5.41, 5.74) is -0.209. The second-order valence-electron chi connectivity index (χ2n) is 2.78. The molecule has 0 radical (unpaired) electrons. The van der Waals surface area contributed by atoms with Crippen molar-refractivity contribution in [3.05, 3.63) is 11.8 Å². The van der Waals surface area contributed by atoms with Crippen molar-refractivity contribution in [2.45, 2.75) is 6.42 Å².